The van der Waals surface area contributed by atoms with Crippen molar-refractivity contribution in [2.45, 2.75) is 63.7 Å². The van der Waals surface area contributed by atoms with Gasteiger partial charge in [0.2, 0.25) is 11.9 Å². The minimum Gasteiger partial charge on any atom is -0.495 e. The van der Waals surface area contributed by atoms with Gasteiger partial charge in [0.1, 0.15) is 12.4 Å². The number of alkyl halides is 3. The Hall–Kier alpha value is -2.92. The van der Waals surface area contributed by atoms with E-state index in [9.17, 15) is 18.0 Å². The number of amides is 1. The monoisotopic (exact) mass is 535 g/mol. The maximum Gasteiger partial charge on any atom is 0.419 e. The van der Waals surface area contributed by atoms with Crippen molar-refractivity contribution in [2.24, 2.45) is 11.3 Å². The second-order valence-electron chi connectivity index (χ2n) is 10.2. The Morgan fingerprint density at radius 2 is 2.05 bits per heavy atom. The third-order valence-electron chi connectivity index (χ3n) is 7.77. The number of nitrogens with one attached hydrogen (secondary N) is 3. The van der Waals surface area contributed by atoms with Crippen LogP contribution in [0, 0.1) is 11.3 Å². The van der Waals surface area contributed by atoms with E-state index in [1.54, 1.807) is 6.07 Å². The third-order valence-corrected chi connectivity index (χ3v) is 7.77. The second-order valence-corrected chi connectivity index (χ2v) is 10.2. The van der Waals surface area contributed by atoms with Crippen LogP contribution in [0.5, 0.6) is 5.75 Å². The van der Waals surface area contributed by atoms with Crippen LogP contribution in [0.25, 0.3) is 0 Å². The summed E-state index contributed by atoms with van der Waals surface area (Å²) in [6.07, 6.45) is 1.90. The highest BCUT2D eigenvalue weighted by atomic mass is 19.4. The molecule has 0 bridgehead atoms. The summed E-state index contributed by atoms with van der Waals surface area (Å²) in [4.78, 5) is 20.4. The number of anilines is 2. The Balaban J connectivity index is 1.49. The van der Waals surface area contributed by atoms with Gasteiger partial charge in [0.05, 0.1) is 24.1 Å². The molecule has 2 aliphatic carbocycles. The molecule has 8 nitrogen and oxygen atoms in total. The number of ether oxygens (including phenoxy) is 2. The molecule has 1 aromatic heterocycles. The largest absolute Gasteiger partial charge is 0.495 e. The summed E-state index contributed by atoms with van der Waals surface area (Å²) in [7, 11) is 4.85. The Morgan fingerprint density at radius 1 is 1.24 bits per heavy atom. The van der Waals surface area contributed by atoms with Gasteiger partial charge in [-0.1, -0.05) is 18.9 Å². The first-order chi connectivity index (χ1) is 18.2. The van der Waals surface area contributed by atoms with Gasteiger partial charge in [-0.25, -0.2) is 9.97 Å². The smallest absolute Gasteiger partial charge is 0.419 e. The fraction of sp³-hybridized carbons (Fsp3) is 0.593. The first-order valence-corrected chi connectivity index (χ1v) is 13.0. The summed E-state index contributed by atoms with van der Waals surface area (Å²) in [6.45, 7) is 0.656. The lowest BCUT2D eigenvalue weighted by Gasteiger charge is -2.34. The average Bonchev–Trinajstić information content (AvgIpc) is 3.57. The molecule has 1 heterocycles. The lowest BCUT2D eigenvalue weighted by atomic mass is 9.79. The van der Waals surface area contributed by atoms with Gasteiger partial charge in [-0.2, -0.15) is 13.2 Å². The highest BCUT2D eigenvalue weighted by molar-refractivity contribution is 5.77. The Bertz CT molecular complexity index is 1130. The van der Waals surface area contributed by atoms with Crippen LogP contribution in [0.4, 0.5) is 24.8 Å². The van der Waals surface area contributed by atoms with Crippen molar-refractivity contribution < 1.29 is 27.4 Å². The molecule has 2 aromatic rings. The molecule has 0 unspecified atom stereocenters. The van der Waals surface area contributed by atoms with Crippen LogP contribution < -0.4 is 20.7 Å². The van der Waals surface area contributed by atoms with Crippen LogP contribution in [-0.4, -0.2) is 49.8 Å². The van der Waals surface area contributed by atoms with E-state index in [-0.39, 0.29) is 48.0 Å². The molecular weight excluding hydrogens is 499 g/mol. The number of hydrogen-bond acceptors (Lipinski definition) is 7. The highest BCUT2D eigenvalue weighted by Crippen LogP contribution is 2.63. The number of methoxy groups -OCH3 is 2. The number of benzene rings is 1. The summed E-state index contributed by atoms with van der Waals surface area (Å²) >= 11 is 0. The fourth-order valence-electron chi connectivity index (χ4n) is 5.86. The van der Waals surface area contributed by atoms with E-state index in [1.807, 2.05) is 19.2 Å². The molecule has 0 aliphatic heterocycles. The average molecular weight is 536 g/mol. The van der Waals surface area contributed by atoms with Gasteiger partial charge in [0.15, 0.2) is 0 Å². The minimum atomic E-state index is -4.55. The van der Waals surface area contributed by atoms with E-state index in [0.29, 0.717) is 24.4 Å². The molecule has 2 saturated carbocycles. The molecule has 2 aliphatic rings. The number of carbonyl (C=O) groups excluding carboxylic acids is 1. The first kappa shape index (κ1) is 28.1. The number of aromatic nitrogens is 2. The Kier molecular flexibility index (Phi) is 8.77. The molecule has 38 heavy (non-hydrogen) atoms. The van der Waals surface area contributed by atoms with Gasteiger partial charge in [-0.15, -0.1) is 0 Å². The van der Waals surface area contributed by atoms with Crippen molar-refractivity contribution >= 4 is 17.5 Å². The molecule has 1 amide bonds. The lowest BCUT2D eigenvalue weighted by Crippen LogP contribution is -2.45. The van der Waals surface area contributed by atoms with Crippen molar-refractivity contribution in [3.8, 4) is 5.75 Å². The predicted molar refractivity (Wildman–Crippen MR) is 137 cm³/mol. The van der Waals surface area contributed by atoms with Crippen molar-refractivity contribution in [1.29, 1.82) is 0 Å². The molecule has 208 valence electrons. The number of rotatable bonds is 11. The second kappa shape index (κ2) is 11.9. The third kappa shape index (κ3) is 6.37. The molecule has 3 atom stereocenters. The van der Waals surface area contributed by atoms with Crippen molar-refractivity contribution in [2.75, 3.05) is 33.2 Å². The summed E-state index contributed by atoms with van der Waals surface area (Å²) in [5.41, 5.74) is 0.676. The summed E-state index contributed by atoms with van der Waals surface area (Å²) in [5, 5.41) is 9.18. The van der Waals surface area contributed by atoms with Gasteiger partial charge in [-0.3, -0.25) is 4.79 Å². The van der Waals surface area contributed by atoms with E-state index >= 15 is 0 Å². The molecule has 0 saturated heterocycles. The lowest BCUT2D eigenvalue weighted by molar-refractivity contribution is -0.138. The van der Waals surface area contributed by atoms with E-state index in [0.717, 1.165) is 43.9 Å². The van der Waals surface area contributed by atoms with E-state index in [4.69, 9.17) is 9.47 Å². The maximum atomic E-state index is 13.8. The zero-order valence-electron chi connectivity index (χ0n) is 22.1. The van der Waals surface area contributed by atoms with Crippen molar-refractivity contribution in [3.05, 3.63) is 41.2 Å². The minimum absolute atomic E-state index is 0.00586. The van der Waals surface area contributed by atoms with Crippen LogP contribution in [-0.2, 0) is 28.7 Å². The zero-order valence-corrected chi connectivity index (χ0v) is 22.1. The van der Waals surface area contributed by atoms with Crippen LogP contribution in [0.2, 0.25) is 0 Å². The molecule has 4 rings (SSSR count). The normalized spacial score (nSPS) is 22.8. The molecule has 1 spiro atoms. The van der Waals surface area contributed by atoms with Crippen LogP contribution in [0.3, 0.4) is 0 Å². The SMILES string of the molecule is CNCc1ccc(Nc2ncc(C(F)(F)F)c(CC[C@@H]3C[C@@]34CCCC[C@H]4NC(=O)COC)n2)c(OC)c1. The molecule has 1 aromatic carbocycles. The Labute approximate surface area is 221 Å². The topological polar surface area (TPSA) is 97.4 Å². The number of aryl methyl sites for hydroxylation is 1. The maximum absolute atomic E-state index is 13.8. The van der Waals surface area contributed by atoms with Gasteiger partial charge >= 0.3 is 6.18 Å². The number of halogens is 3. The molecular formula is C27H36F3N5O3. The van der Waals surface area contributed by atoms with E-state index in [2.05, 4.69) is 25.9 Å². The number of carbonyl (C=O) groups is 1. The van der Waals surface area contributed by atoms with Crippen molar-refractivity contribution in [3.63, 3.8) is 0 Å². The summed E-state index contributed by atoms with van der Waals surface area (Å²) in [6, 6.07) is 5.57. The summed E-state index contributed by atoms with van der Waals surface area (Å²) < 4.78 is 51.9. The summed E-state index contributed by atoms with van der Waals surface area (Å²) in [5.74, 6) is 0.717. The standard InChI is InChI=1S/C27H36F3N5O3/c1-31-14-17-7-9-21(22(12-17)38-3)34-25-32-15-19(27(28,29)30)20(33-25)10-8-18-13-26(18)11-5-4-6-23(26)35-24(36)16-37-2/h7,9,12,15,18,23,31H,4-6,8,10-11,13-14,16H2,1-3H3,(H,35,36)(H,32,33,34)/t18-,23-,26+/m1/s1. The molecule has 11 heteroatoms. The number of hydrogen-bond donors (Lipinski definition) is 3. The zero-order chi connectivity index (χ0) is 27.3. The van der Waals surface area contributed by atoms with Crippen molar-refractivity contribution in [1.82, 2.24) is 20.6 Å². The Morgan fingerprint density at radius 3 is 2.76 bits per heavy atom. The number of nitrogens with zero attached hydrogens (tertiary/aromatic N) is 2. The van der Waals surface area contributed by atoms with E-state index in [1.165, 1.54) is 14.2 Å². The van der Waals surface area contributed by atoms with Crippen LogP contribution in [0.15, 0.2) is 24.4 Å². The molecule has 3 N–H and O–H groups in total. The van der Waals surface area contributed by atoms with Gasteiger partial charge in [0.25, 0.3) is 0 Å². The van der Waals surface area contributed by atoms with Crippen LogP contribution >= 0.6 is 0 Å². The van der Waals surface area contributed by atoms with E-state index < -0.39 is 11.7 Å². The van der Waals surface area contributed by atoms with Crippen LogP contribution in [0.1, 0.15) is 55.3 Å². The fourth-order valence-corrected chi connectivity index (χ4v) is 5.86. The molecule has 2 fully saturated rings. The quantitative estimate of drug-likeness (QED) is 0.387. The van der Waals surface area contributed by atoms with Gasteiger partial charge in [0, 0.05) is 25.9 Å². The predicted octanol–water partition coefficient (Wildman–Crippen LogP) is 4.61. The van der Waals surface area contributed by atoms with Gasteiger partial charge in [-0.05, 0) is 68.2 Å². The van der Waals surface area contributed by atoms with Gasteiger partial charge < -0.3 is 25.4 Å². The first-order valence-electron chi connectivity index (χ1n) is 13.0. The highest BCUT2D eigenvalue weighted by Gasteiger charge is 2.58. The molecule has 0 radical (unpaired) electrons.